The molecule has 2 aromatic carbocycles. The van der Waals surface area contributed by atoms with Crippen molar-refractivity contribution in [2.45, 2.75) is 6.18 Å². The summed E-state index contributed by atoms with van der Waals surface area (Å²) in [6.07, 6.45) is -4.43. The molecule has 1 aromatic heterocycles. The van der Waals surface area contributed by atoms with Gasteiger partial charge in [-0.3, -0.25) is 4.79 Å². The molecular weight excluding hydrogens is 401 g/mol. The summed E-state index contributed by atoms with van der Waals surface area (Å²) in [6, 6.07) is 10.9. The van der Waals surface area contributed by atoms with Crippen molar-refractivity contribution in [3.05, 3.63) is 69.7 Å². The van der Waals surface area contributed by atoms with Crippen LogP contribution in [0.2, 0.25) is 0 Å². The van der Waals surface area contributed by atoms with E-state index in [9.17, 15) is 18.0 Å². The number of amides is 1. The number of carbonyl (C=O) groups excluding carboxylic acids is 1. The van der Waals surface area contributed by atoms with Gasteiger partial charge in [-0.1, -0.05) is 15.9 Å². The molecule has 0 saturated heterocycles. The van der Waals surface area contributed by atoms with E-state index in [1.807, 2.05) is 0 Å². The smallest absolute Gasteiger partial charge is 0.416 e. The van der Waals surface area contributed by atoms with Crippen molar-refractivity contribution >= 4 is 38.5 Å². The number of nitrogens with zero attached hydrogens (tertiary/aromatic N) is 1. The Morgan fingerprint density at radius 1 is 1.08 bits per heavy atom. The molecule has 0 saturated carbocycles. The monoisotopic (exact) mass is 410 g/mol. The predicted octanol–water partition coefficient (Wildman–Crippen LogP) is 4.55. The van der Waals surface area contributed by atoms with Gasteiger partial charge in [0.1, 0.15) is 11.1 Å². The summed E-state index contributed by atoms with van der Waals surface area (Å²) >= 11 is 3.32. The molecule has 8 heteroatoms. The van der Waals surface area contributed by atoms with Gasteiger partial charge in [-0.05, 0) is 48.5 Å². The Kier molecular flexibility index (Phi) is 4.38. The van der Waals surface area contributed by atoms with E-state index in [0.29, 0.717) is 11.0 Å². The zero-order valence-corrected chi connectivity index (χ0v) is 14.1. The second kappa shape index (κ2) is 6.36. The first-order chi connectivity index (χ1) is 11.7. The number of alkyl halides is 3. The Labute approximate surface area is 147 Å². The lowest BCUT2D eigenvalue weighted by Crippen LogP contribution is -2.21. The number of fused-ring (bicyclic) bond motifs is 1. The summed E-state index contributed by atoms with van der Waals surface area (Å²) < 4.78 is 44.2. The van der Waals surface area contributed by atoms with E-state index in [1.54, 1.807) is 18.2 Å². The molecule has 0 bridgehead atoms. The molecule has 0 aliphatic heterocycles. The molecule has 0 spiro atoms. The quantitative estimate of drug-likeness (QED) is 0.673. The summed E-state index contributed by atoms with van der Waals surface area (Å²) in [7, 11) is 0. The minimum atomic E-state index is -4.43. The van der Waals surface area contributed by atoms with Crippen molar-refractivity contribution < 1.29 is 22.4 Å². The number of carbonyl (C=O) groups is 1. The van der Waals surface area contributed by atoms with E-state index in [0.717, 1.165) is 16.6 Å². The van der Waals surface area contributed by atoms with E-state index in [-0.39, 0.29) is 16.8 Å². The molecule has 1 amide bonds. The maximum absolute atomic E-state index is 12.6. The molecule has 128 valence electrons. The van der Waals surface area contributed by atoms with Crippen LogP contribution >= 0.6 is 15.9 Å². The van der Waals surface area contributed by atoms with E-state index >= 15 is 0 Å². The number of nitrogens with two attached hydrogens (primary N) is 1. The van der Waals surface area contributed by atoms with Gasteiger partial charge in [0, 0.05) is 9.86 Å². The highest BCUT2D eigenvalue weighted by Crippen LogP contribution is 2.30. The van der Waals surface area contributed by atoms with Crippen molar-refractivity contribution in [3.63, 3.8) is 0 Å². The average Bonchev–Trinajstić information content (AvgIpc) is 2.54. The lowest BCUT2D eigenvalue weighted by Gasteiger charge is -2.06. The molecule has 25 heavy (non-hydrogen) atoms. The lowest BCUT2D eigenvalue weighted by atomic mass is 10.1. The molecule has 0 radical (unpaired) electrons. The maximum Gasteiger partial charge on any atom is 0.416 e. The SMILES string of the molecule is NC(=O)c1cc2cc(Br)ccc2oc1=Nc1ccc(C(F)(F)F)cc1. The van der Waals surface area contributed by atoms with E-state index in [4.69, 9.17) is 10.2 Å². The summed E-state index contributed by atoms with van der Waals surface area (Å²) in [5.41, 5.74) is 5.20. The Morgan fingerprint density at radius 3 is 2.36 bits per heavy atom. The van der Waals surface area contributed by atoms with Gasteiger partial charge in [0.25, 0.3) is 5.91 Å². The Hall–Kier alpha value is -2.61. The summed E-state index contributed by atoms with van der Waals surface area (Å²) in [6.45, 7) is 0. The lowest BCUT2D eigenvalue weighted by molar-refractivity contribution is -0.137. The van der Waals surface area contributed by atoms with Crippen LogP contribution in [0.4, 0.5) is 18.9 Å². The second-order valence-electron chi connectivity index (χ2n) is 5.17. The van der Waals surface area contributed by atoms with E-state index in [2.05, 4.69) is 20.9 Å². The molecule has 0 fully saturated rings. The predicted molar refractivity (Wildman–Crippen MR) is 89.1 cm³/mol. The van der Waals surface area contributed by atoms with Crippen LogP contribution in [0.15, 0.2) is 62.4 Å². The maximum atomic E-state index is 12.6. The fourth-order valence-electron chi connectivity index (χ4n) is 2.20. The molecular formula is C17H10BrF3N2O2. The van der Waals surface area contributed by atoms with E-state index < -0.39 is 17.6 Å². The third-order valence-corrected chi connectivity index (χ3v) is 3.89. The van der Waals surface area contributed by atoms with Crippen molar-refractivity contribution in [2.75, 3.05) is 0 Å². The van der Waals surface area contributed by atoms with Gasteiger partial charge in [-0.25, -0.2) is 4.99 Å². The Morgan fingerprint density at radius 2 is 1.76 bits per heavy atom. The second-order valence-corrected chi connectivity index (χ2v) is 6.08. The first-order valence-electron chi connectivity index (χ1n) is 6.99. The molecule has 0 atom stereocenters. The van der Waals surface area contributed by atoms with Crippen LogP contribution in [-0.2, 0) is 6.18 Å². The highest BCUT2D eigenvalue weighted by molar-refractivity contribution is 9.10. The number of rotatable bonds is 2. The molecule has 4 nitrogen and oxygen atoms in total. The fraction of sp³-hybridized carbons (Fsp3) is 0.0588. The number of halogens is 4. The third-order valence-electron chi connectivity index (χ3n) is 3.40. The number of benzene rings is 2. The van der Waals surface area contributed by atoms with Crippen molar-refractivity contribution in [3.8, 4) is 0 Å². The first-order valence-corrected chi connectivity index (χ1v) is 7.78. The number of hydrogen-bond acceptors (Lipinski definition) is 3. The van der Waals surface area contributed by atoms with Gasteiger partial charge in [-0.15, -0.1) is 0 Å². The van der Waals surface area contributed by atoms with Crippen LogP contribution in [0.5, 0.6) is 0 Å². The first kappa shape index (κ1) is 17.2. The Bertz CT molecular complexity index is 1020. The van der Waals surface area contributed by atoms with Crippen LogP contribution in [0, 0.1) is 0 Å². The molecule has 2 N–H and O–H groups in total. The van der Waals surface area contributed by atoms with Gasteiger partial charge in [0.05, 0.1) is 11.3 Å². The molecule has 3 aromatic rings. The molecule has 0 unspecified atom stereocenters. The van der Waals surface area contributed by atoms with Gasteiger partial charge < -0.3 is 10.2 Å². The van der Waals surface area contributed by atoms with Crippen LogP contribution in [-0.4, -0.2) is 5.91 Å². The molecule has 1 heterocycles. The fourth-order valence-corrected chi connectivity index (χ4v) is 2.58. The number of primary amides is 1. The standard InChI is InChI=1S/C17H10BrF3N2O2/c18-11-3-6-14-9(7-11)8-13(15(22)24)16(25-14)23-12-4-1-10(2-5-12)17(19,20)21/h1-8H,(H2,22,24). The largest absolute Gasteiger partial charge is 0.438 e. The van der Waals surface area contributed by atoms with E-state index in [1.165, 1.54) is 18.2 Å². The normalized spacial score (nSPS) is 12.6. The summed E-state index contributed by atoms with van der Waals surface area (Å²) in [5.74, 6) is -0.753. The van der Waals surface area contributed by atoms with Crippen molar-refractivity contribution in [1.82, 2.24) is 0 Å². The molecule has 3 rings (SSSR count). The van der Waals surface area contributed by atoms with Crippen LogP contribution in [0.25, 0.3) is 11.0 Å². The minimum Gasteiger partial charge on any atom is -0.438 e. The van der Waals surface area contributed by atoms with Gasteiger partial charge in [0.15, 0.2) is 0 Å². The number of hydrogen-bond donors (Lipinski definition) is 1. The molecule has 0 aliphatic carbocycles. The van der Waals surface area contributed by atoms with Crippen LogP contribution in [0.3, 0.4) is 0 Å². The Balaban J connectivity index is 2.16. The van der Waals surface area contributed by atoms with Crippen LogP contribution < -0.4 is 11.3 Å². The topological polar surface area (TPSA) is 68.6 Å². The summed E-state index contributed by atoms with van der Waals surface area (Å²) in [4.78, 5) is 15.8. The third kappa shape index (κ3) is 3.74. The van der Waals surface area contributed by atoms with Gasteiger partial charge in [0.2, 0.25) is 5.55 Å². The zero-order valence-electron chi connectivity index (χ0n) is 12.5. The van der Waals surface area contributed by atoms with Crippen LogP contribution in [0.1, 0.15) is 15.9 Å². The highest BCUT2D eigenvalue weighted by Gasteiger charge is 2.29. The average molecular weight is 411 g/mol. The highest BCUT2D eigenvalue weighted by atomic mass is 79.9. The summed E-state index contributed by atoms with van der Waals surface area (Å²) in [5, 5.41) is 0.634. The van der Waals surface area contributed by atoms with Gasteiger partial charge in [-0.2, -0.15) is 13.2 Å². The minimum absolute atomic E-state index is 0.0329. The molecule has 0 aliphatic rings. The zero-order chi connectivity index (χ0) is 18.2. The van der Waals surface area contributed by atoms with Crippen molar-refractivity contribution in [2.24, 2.45) is 10.7 Å². The van der Waals surface area contributed by atoms with Gasteiger partial charge >= 0.3 is 6.18 Å². The van der Waals surface area contributed by atoms with Crippen molar-refractivity contribution in [1.29, 1.82) is 0 Å².